The molecule has 1 saturated carbocycles. The second-order valence-electron chi connectivity index (χ2n) is 10.9. The molecule has 1 aliphatic carbocycles. The Morgan fingerprint density at radius 2 is 1.91 bits per heavy atom. The molecule has 1 radical (unpaired) electrons. The molecule has 0 bridgehead atoms. The van der Waals surface area contributed by atoms with E-state index in [0.717, 1.165) is 25.9 Å². The predicted molar refractivity (Wildman–Crippen MR) is 121 cm³/mol. The maximum Gasteiger partial charge on any atom is 0.407 e. The molecule has 32 heavy (non-hydrogen) atoms. The van der Waals surface area contributed by atoms with Gasteiger partial charge in [-0.3, -0.25) is 0 Å². The maximum atomic E-state index is 12.7. The molecular formula is C25H43NO5Y. The zero-order valence-corrected chi connectivity index (χ0v) is 24.1. The molecule has 6 nitrogen and oxygen atoms in total. The standard InChI is InChI=1S/C25H43NO5.Y/c1-15(2)9-10-21-24(8,31-21)22-18(7)20(11-12-25(22)14-29-25)30-23(27)26-19(16(3)4)13-28-17(5)6;/h9,16-22H,10-14H2,1-8H3,(H,26,27);/t18-,19+,20-,21-,22-,24+,25+;/m1./s1. The van der Waals surface area contributed by atoms with Gasteiger partial charge in [0.15, 0.2) is 0 Å². The average Bonchev–Trinajstić information content (AvgIpc) is 3.57. The van der Waals surface area contributed by atoms with E-state index in [4.69, 9.17) is 18.9 Å². The van der Waals surface area contributed by atoms with Crippen molar-refractivity contribution < 1.29 is 56.5 Å². The summed E-state index contributed by atoms with van der Waals surface area (Å²) in [5, 5.41) is 3.03. The van der Waals surface area contributed by atoms with E-state index in [1.54, 1.807) is 0 Å². The first-order valence-electron chi connectivity index (χ1n) is 12.0. The minimum absolute atomic E-state index is 0. The van der Waals surface area contributed by atoms with Crippen LogP contribution in [0, 0.1) is 17.8 Å². The van der Waals surface area contributed by atoms with E-state index < -0.39 is 0 Å². The first-order chi connectivity index (χ1) is 14.5. The van der Waals surface area contributed by atoms with Gasteiger partial charge in [-0.25, -0.2) is 4.79 Å². The summed E-state index contributed by atoms with van der Waals surface area (Å²) >= 11 is 0. The summed E-state index contributed by atoms with van der Waals surface area (Å²) in [7, 11) is 0. The molecule has 0 aromatic rings. The van der Waals surface area contributed by atoms with Crippen LogP contribution < -0.4 is 5.32 Å². The van der Waals surface area contributed by atoms with Crippen molar-refractivity contribution in [2.45, 2.75) is 110 Å². The molecule has 0 unspecified atom stereocenters. The zero-order valence-electron chi connectivity index (χ0n) is 21.3. The third kappa shape index (κ3) is 6.56. The molecule has 1 amide bonds. The molecule has 1 N–H and O–H groups in total. The van der Waals surface area contributed by atoms with E-state index in [1.165, 1.54) is 5.57 Å². The summed E-state index contributed by atoms with van der Waals surface area (Å²) < 4.78 is 23.9. The molecule has 2 saturated heterocycles. The third-order valence-corrected chi connectivity index (χ3v) is 7.36. The van der Waals surface area contributed by atoms with Gasteiger partial charge >= 0.3 is 6.09 Å². The summed E-state index contributed by atoms with van der Waals surface area (Å²) in [6, 6.07) is -0.0690. The van der Waals surface area contributed by atoms with Gasteiger partial charge in [0.05, 0.1) is 42.7 Å². The van der Waals surface area contributed by atoms with Crippen molar-refractivity contribution in [3.8, 4) is 0 Å². The Bertz CT molecular complexity index is 673. The van der Waals surface area contributed by atoms with Crippen molar-refractivity contribution in [1.29, 1.82) is 0 Å². The number of carbonyl (C=O) groups is 1. The number of epoxide rings is 2. The van der Waals surface area contributed by atoms with Crippen LogP contribution in [-0.2, 0) is 51.7 Å². The fourth-order valence-electron chi connectivity index (χ4n) is 5.32. The first kappa shape index (κ1) is 28.2. The van der Waals surface area contributed by atoms with Crippen LogP contribution >= 0.6 is 0 Å². The second-order valence-corrected chi connectivity index (χ2v) is 10.9. The Hall–Kier alpha value is -0.00610. The molecule has 181 valence electrons. The Balaban J connectivity index is 0.00000363. The Morgan fingerprint density at radius 3 is 2.44 bits per heavy atom. The second kappa shape index (κ2) is 11.2. The van der Waals surface area contributed by atoms with E-state index in [0.29, 0.717) is 6.61 Å². The van der Waals surface area contributed by atoms with Crippen molar-refractivity contribution in [3.05, 3.63) is 11.6 Å². The quantitative estimate of drug-likeness (QED) is 0.343. The number of allylic oxidation sites excluding steroid dienone is 1. The number of alkyl carbamates (subject to hydrolysis) is 1. The van der Waals surface area contributed by atoms with Crippen LogP contribution in [0.1, 0.15) is 74.7 Å². The van der Waals surface area contributed by atoms with Crippen LogP contribution in [0.25, 0.3) is 0 Å². The summed E-state index contributed by atoms with van der Waals surface area (Å²) in [5.74, 6) is 0.668. The molecule has 1 spiro atoms. The van der Waals surface area contributed by atoms with Crippen molar-refractivity contribution in [2.24, 2.45) is 17.8 Å². The Labute approximate surface area is 219 Å². The fraction of sp³-hybridized carbons (Fsp3) is 0.880. The molecule has 2 heterocycles. The molecule has 3 rings (SSSR count). The first-order valence-corrected chi connectivity index (χ1v) is 12.0. The molecule has 7 atom stereocenters. The number of amides is 1. The summed E-state index contributed by atoms with van der Waals surface area (Å²) in [4.78, 5) is 12.7. The van der Waals surface area contributed by atoms with Gasteiger partial charge in [-0.15, -0.1) is 0 Å². The minimum atomic E-state index is -0.350. The van der Waals surface area contributed by atoms with Crippen LogP contribution in [0.4, 0.5) is 4.79 Å². The van der Waals surface area contributed by atoms with E-state index in [1.807, 2.05) is 13.8 Å². The van der Waals surface area contributed by atoms with E-state index in [2.05, 4.69) is 52.9 Å². The summed E-state index contributed by atoms with van der Waals surface area (Å²) in [5.41, 5.74) is 0.993. The maximum absolute atomic E-state index is 12.7. The molecule has 3 aliphatic rings. The molecule has 0 aromatic heterocycles. The molecule has 3 fully saturated rings. The minimum Gasteiger partial charge on any atom is -0.446 e. The Kier molecular flexibility index (Phi) is 9.84. The predicted octanol–water partition coefficient (Wildman–Crippen LogP) is 4.86. The van der Waals surface area contributed by atoms with Gasteiger partial charge in [0, 0.05) is 44.5 Å². The van der Waals surface area contributed by atoms with Crippen molar-refractivity contribution in [1.82, 2.24) is 5.32 Å². The van der Waals surface area contributed by atoms with E-state index in [9.17, 15) is 4.79 Å². The van der Waals surface area contributed by atoms with Gasteiger partial charge in [-0.05, 0) is 59.8 Å². The SMILES string of the molecule is CC(C)=CC[C@H]1O[C@]1(C)[C@H]1[C@H](C)[C@H](OC(=O)N[C@@H](COC(C)C)C(C)C)CC[C@]12CO2.[Y]. The number of rotatable bonds is 9. The van der Waals surface area contributed by atoms with Crippen molar-refractivity contribution >= 4 is 6.09 Å². The number of carbonyl (C=O) groups excluding carboxylic acids is 1. The topological polar surface area (TPSA) is 72.6 Å². The number of hydrogen-bond acceptors (Lipinski definition) is 5. The van der Waals surface area contributed by atoms with Crippen LogP contribution in [0.3, 0.4) is 0 Å². The molecule has 0 aromatic carbocycles. The third-order valence-electron chi connectivity index (χ3n) is 7.36. The van der Waals surface area contributed by atoms with Crippen LogP contribution in [0.5, 0.6) is 0 Å². The van der Waals surface area contributed by atoms with Crippen molar-refractivity contribution in [2.75, 3.05) is 13.2 Å². The largest absolute Gasteiger partial charge is 0.446 e. The van der Waals surface area contributed by atoms with Gasteiger partial charge in [0.2, 0.25) is 0 Å². The number of nitrogens with one attached hydrogen (secondary N) is 1. The number of hydrogen-bond donors (Lipinski definition) is 1. The van der Waals surface area contributed by atoms with Crippen LogP contribution in [0.15, 0.2) is 11.6 Å². The van der Waals surface area contributed by atoms with E-state index >= 15 is 0 Å². The normalized spacial score (nSPS) is 36.4. The molecule has 2 aliphatic heterocycles. The molecular weight excluding hydrogens is 483 g/mol. The Morgan fingerprint density at radius 1 is 1.25 bits per heavy atom. The van der Waals surface area contributed by atoms with Gasteiger partial charge in [-0.1, -0.05) is 32.4 Å². The van der Waals surface area contributed by atoms with Crippen LogP contribution in [0.2, 0.25) is 0 Å². The summed E-state index contributed by atoms with van der Waals surface area (Å²) in [6.45, 7) is 18.1. The summed E-state index contributed by atoms with van der Waals surface area (Å²) in [6.07, 6.45) is 4.77. The monoisotopic (exact) mass is 526 g/mol. The van der Waals surface area contributed by atoms with Gasteiger partial charge in [-0.2, -0.15) is 0 Å². The van der Waals surface area contributed by atoms with Crippen molar-refractivity contribution in [3.63, 3.8) is 0 Å². The van der Waals surface area contributed by atoms with Gasteiger partial charge in [0.1, 0.15) is 6.10 Å². The van der Waals surface area contributed by atoms with Gasteiger partial charge < -0.3 is 24.3 Å². The number of ether oxygens (including phenoxy) is 4. The smallest absolute Gasteiger partial charge is 0.407 e. The van der Waals surface area contributed by atoms with E-state index in [-0.39, 0.29) is 92.1 Å². The van der Waals surface area contributed by atoms with Gasteiger partial charge in [0.25, 0.3) is 0 Å². The zero-order chi connectivity index (χ0) is 23.0. The molecule has 7 heteroatoms. The van der Waals surface area contributed by atoms with Crippen LogP contribution in [-0.4, -0.2) is 54.9 Å². The average molecular weight is 527 g/mol. The fourth-order valence-corrected chi connectivity index (χ4v) is 5.32.